The van der Waals surface area contributed by atoms with Gasteiger partial charge in [-0.25, -0.2) is 4.98 Å². The second-order valence-electron chi connectivity index (χ2n) is 5.60. The first-order valence-corrected chi connectivity index (χ1v) is 7.87. The fourth-order valence-corrected chi connectivity index (χ4v) is 2.92. The maximum absolute atomic E-state index is 12.5. The molecule has 118 valence electrons. The third-order valence-electron chi connectivity index (χ3n) is 4.05. The molecule has 0 unspecified atom stereocenters. The van der Waals surface area contributed by atoms with E-state index in [4.69, 9.17) is 5.11 Å². The highest BCUT2D eigenvalue weighted by atomic mass is 16.3. The Balaban J connectivity index is 1.85. The van der Waals surface area contributed by atoms with E-state index in [9.17, 15) is 4.79 Å². The van der Waals surface area contributed by atoms with Crippen molar-refractivity contribution in [1.82, 2.24) is 14.5 Å². The second-order valence-corrected chi connectivity index (χ2v) is 5.60. The number of hydrogen-bond acceptors (Lipinski definition) is 4. The summed E-state index contributed by atoms with van der Waals surface area (Å²) in [5, 5.41) is 12.1. The molecule has 1 fully saturated rings. The lowest BCUT2D eigenvalue weighted by atomic mass is 10.1. The normalized spacial score (nSPS) is 15.2. The number of carbonyl (C=O) groups is 1. The summed E-state index contributed by atoms with van der Waals surface area (Å²) < 4.78 is 1.90. The molecule has 0 saturated carbocycles. The minimum Gasteiger partial charge on any atom is -0.395 e. The molecule has 1 aromatic heterocycles. The molecule has 1 amide bonds. The number of aliphatic hydroxyl groups excluding tert-OH is 1. The number of nitrogens with one attached hydrogen (secondary N) is 1. The summed E-state index contributed by atoms with van der Waals surface area (Å²) in [5.41, 5.74) is 1.79. The van der Waals surface area contributed by atoms with E-state index in [2.05, 4.69) is 10.3 Å². The Hall–Kier alpha value is -2.08. The lowest BCUT2D eigenvalue weighted by Gasteiger charge is -2.27. The van der Waals surface area contributed by atoms with Crippen LogP contribution in [-0.2, 0) is 11.3 Å². The van der Waals surface area contributed by atoms with Gasteiger partial charge in [-0.15, -0.1) is 0 Å². The van der Waals surface area contributed by atoms with Crippen LogP contribution in [0.25, 0.3) is 11.0 Å². The summed E-state index contributed by atoms with van der Waals surface area (Å²) >= 11 is 0. The smallest absolute Gasteiger partial charge is 0.242 e. The largest absolute Gasteiger partial charge is 0.395 e. The first kappa shape index (κ1) is 14.8. The van der Waals surface area contributed by atoms with Crippen LogP contribution in [0.1, 0.15) is 19.3 Å². The van der Waals surface area contributed by atoms with Crippen LogP contribution in [0.4, 0.5) is 5.95 Å². The highest BCUT2D eigenvalue weighted by Gasteiger charge is 2.19. The number of piperidine rings is 1. The maximum atomic E-state index is 12.5. The van der Waals surface area contributed by atoms with Gasteiger partial charge in [0.15, 0.2) is 0 Å². The van der Waals surface area contributed by atoms with Crippen LogP contribution in [0.2, 0.25) is 0 Å². The molecular weight excluding hydrogens is 280 g/mol. The molecule has 2 heterocycles. The number of fused-ring (bicyclic) bond motifs is 1. The van der Waals surface area contributed by atoms with Crippen molar-refractivity contribution in [1.29, 1.82) is 0 Å². The number of aliphatic hydroxyl groups is 1. The molecule has 1 aliphatic rings. The van der Waals surface area contributed by atoms with Gasteiger partial charge in [0.1, 0.15) is 6.54 Å². The molecule has 0 spiro atoms. The number of likely N-dealkylation sites (tertiary alicyclic amines) is 1. The van der Waals surface area contributed by atoms with Crippen molar-refractivity contribution in [3.63, 3.8) is 0 Å². The Morgan fingerprint density at radius 1 is 1.23 bits per heavy atom. The number of nitrogens with zero attached hydrogens (tertiary/aromatic N) is 3. The van der Waals surface area contributed by atoms with E-state index < -0.39 is 0 Å². The summed E-state index contributed by atoms with van der Waals surface area (Å²) in [7, 11) is 0. The Bertz CT molecular complexity index is 647. The lowest BCUT2D eigenvalue weighted by molar-refractivity contribution is -0.132. The van der Waals surface area contributed by atoms with E-state index in [1.54, 1.807) is 0 Å². The number of rotatable bonds is 5. The van der Waals surface area contributed by atoms with E-state index in [-0.39, 0.29) is 19.1 Å². The molecule has 1 saturated heterocycles. The molecule has 6 heteroatoms. The summed E-state index contributed by atoms with van der Waals surface area (Å²) in [5.74, 6) is 0.774. The number of carbonyl (C=O) groups excluding carboxylic acids is 1. The summed E-state index contributed by atoms with van der Waals surface area (Å²) in [6.07, 6.45) is 3.39. The lowest BCUT2D eigenvalue weighted by Crippen LogP contribution is -2.38. The highest BCUT2D eigenvalue weighted by Crippen LogP contribution is 2.20. The number of anilines is 1. The predicted molar refractivity (Wildman–Crippen MR) is 85.7 cm³/mol. The number of amides is 1. The molecule has 2 N–H and O–H groups in total. The van der Waals surface area contributed by atoms with Crippen LogP contribution < -0.4 is 5.32 Å². The van der Waals surface area contributed by atoms with Gasteiger partial charge < -0.3 is 19.9 Å². The first-order chi connectivity index (χ1) is 10.8. The monoisotopic (exact) mass is 302 g/mol. The zero-order chi connectivity index (χ0) is 15.4. The van der Waals surface area contributed by atoms with Crippen LogP contribution in [0.3, 0.4) is 0 Å². The van der Waals surface area contributed by atoms with Gasteiger partial charge in [0.05, 0.1) is 17.6 Å². The molecule has 3 rings (SSSR count). The summed E-state index contributed by atoms with van der Waals surface area (Å²) in [4.78, 5) is 19.0. The molecule has 22 heavy (non-hydrogen) atoms. The third kappa shape index (κ3) is 3.06. The van der Waals surface area contributed by atoms with Gasteiger partial charge in [0, 0.05) is 19.6 Å². The van der Waals surface area contributed by atoms with Gasteiger partial charge in [-0.05, 0) is 31.4 Å². The van der Waals surface area contributed by atoms with Crippen molar-refractivity contribution in [2.75, 3.05) is 31.6 Å². The molecule has 0 aliphatic carbocycles. The van der Waals surface area contributed by atoms with Gasteiger partial charge in [-0.3, -0.25) is 4.79 Å². The van der Waals surface area contributed by atoms with Gasteiger partial charge in [0.25, 0.3) is 0 Å². The Morgan fingerprint density at radius 3 is 2.77 bits per heavy atom. The van der Waals surface area contributed by atoms with E-state index >= 15 is 0 Å². The Kier molecular flexibility index (Phi) is 4.58. The molecule has 0 radical (unpaired) electrons. The Labute approximate surface area is 129 Å². The maximum Gasteiger partial charge on any atom is 0.242 e. The summed E-state index contributed by atoms with van der Waals surface area (Å²) in [6, 6.07) is 7.78. The van der Waals surface area contributed by atoms with Crippen molar-refractivity contribution in [3.05, 3.63) is 24.3 Å². The summed E-state index contributed by atoms with van der Waals surface area (Å²) in [6.45, 7) is 2.44. The van der Waals surface area contributed by atoms with Crippen molar-refractivity contribution in [2.24, 2.45) is 0 Å². The number of aromatic nitrogens is 2. The predicted octanol–water partition coefficient (Wildman–Crippen LogP) is 1.45. The van der Waals surface area contributed by atoms with Gasteiger partial charge in [0.2, 0.25) is 11.9 Å². The molecule has 6 nitrogen and oxygen atoms in total. The van der Waals surface area contributed by atoms with E-state index in [1.807, 2.05) is 33.7 Å². The van der Waals surface area contributed by atoms with Gasteiger partial charge in [-0.1, -0.05) is 12.1 Å². The average Bonchev–Trinajstić information content (AvgIpc) is 2.91. The van der Waals surface area contributed by atoms with E-state index in [0.717, 1.165) is 37.0 Å². The van der Waals surface area contributed by atoms with Crippen LogP contribution in [-0.4, -0.2) is 51.7 Å². The Morgan fingerprint density at radius 2 is 2.00 bits per heavy atom. The standard InChI is InChI=1S/C16H22N4O2/c21-11-8-17-16-18-13-6-2-3-7-14(13)20(16)12-15(22)19-9-4-1-5-10-19/h2-3,6-7,21H,1,4-5,8-12H2,(H,17,18). The molecule has 2 aromatic rings. The van der Waals surface area contributed by atoms with Crippen LogP contribution in [0.5, 0.6) is 0 Å². The number of benzene rings is 1. The van der Waals surface area contributed by atoms with Crippen molar-refractivity contribution < 1.29 is 9.90 Å². The number of para-hydroxylation sites is 2. The van der Waals surface area contributed by atoms with Crippen molar-refractivity contribution >= 4 is 22.9 Å². The fourth-order valence-electron chi connectivity index (χ4n) is 2.92. The van der Waals surface area contributed by atoms with Crippen LogP contribution in [0, 0.1) is 0 Å². The topological polar surface area (TPSA) is 70.4 Å². The minimum atomic E-state index is 0.0310. The highest BCUT2D eigenvalue weighted by molar-refractivity contribution is 5.83. The zero-order valence-electron chi connectivity index (χ0n) is 12.7. The minimum absolute atomic E-state index is 0.0310. The molecule has 0 atom stereocenters. The van der Waals surface area contributed by atoms with Gasteiger partial charge >= 0.3 is 0 Å². The van der Waals surface area contributed by atoms with Crippen molar-refractivity contribution in [2.45, 2.75) is 25.8 Å². The molecule has 0 bridgehead atoms. The molecule has 1 aliphatic heterocycles. The van der Waals surface area contributed by atoms with Gasteiger partial charge in [-0.2, -0.15) is 0 Å². The van der Waals surface area contributed by atoms with Crippen molar-refractivity contribution in [3.8, 4) is 0 Å². The number of imidazole rings is 1. The van der Waals surface area contributed by atoms with E-state index in [0.29, 0.717) is 12.5 Å². The first-order valence-electron chi connectivity index (χ1n) is 7.87. The SMILES string of the molecule is O=C(Cn1c(NCCO)nc2ccccc21)N1CCCCC1. The third-order valence-corrected chi connectivity index (χ3v) is 4.05. The molecular formula is C16H22N4O2. The quantitative estimate of drug-likeness (QED) is 0.877. The van der Waals surface area contributed by atoms with Crippen LogP contribution in [0.15, 0.2) is 24.3 Å². The van der Waals surface area contributed by atoms with E-state index in [1.165, 1.54) is 6.42 Å². The zero-order valence-corrected chi connectivity index (χ0v) is 12.7. The second kappa shape index (κ2) is 6.79. The molecule has 1 aromatic carbocycles. The fraction of sp³-hybridized carbons (Fsp3) is 0.500. The van der Waals surface area contributed by atoms with Crippen LogP contribution >= 0.6 is 0 Å². The number of hydrogen-bond donors (Lipinski definition) is 2. The average molecular weight is 302 g/mol.